The molecule has 2 aromatic rings. The molecule has 2 aromatic carbocycles. The summed E-state index contributed by atoms with van der Waals surface area (Å²) >= 11 is 0. The Morgan fingerprint density at radius 3 is 2.48 bits per heavy atom. The molecule has 0 radical (unpaired) electrons. The van der Waals surface area contributed by atoms with Crippen LogP contribution < -0.4 is 10.2 Å². The molecule has 27 heavy (non-hydrogen) atoms. The number of ether oxygens (including phenoxy) is 1. The zero-order chi connectivity index (χ0) is 19.6. The number of anilines is 2. The first kappa shape index (κ1) is 19.0. The molecule has 0 unspecified atom stereocenters. The standard InChI is InChI=1S/C19H19F3N2O3/c1-12-2-3-13(10-17(12)25)18(26)23-15-11-14(19(20,21)22)4-5-16(15)24-6-8-27-9-7-24/h2-5,10-11,25H,6-9H2,1H3,(H,23,26). The Hall–Kier alpha value is -2.74. The van der Waals surface area contributed by atoms with Gasteiger partial charge in [0.2, 0.25) is 0 Å². The summed E-state index contributed by atoms with van der Waals surface area (Å²) in [5.41, 5.74) is 0.470. The molecular weight excluding hydrogens is 361 g/mol. The molecule has 8 heteroatoms. The van der Waals surface area contributed by atoms with Gasteiger partial charge in [0.05, 0.1) is 30.2 Å². The first-order valence-electron chi connectivity index (χ1n) is 8.40. The van der Waals surface area contributed by atoms with Crippen molar-refractivity contribution in [3.8, 4) is 5.75 Å². The van der Waals surface area contributed by atoms with Crippen molar-refractivity contribution < 1.29 is 27.8 Å². The monoisotopic (exact) mass is 380 g/mol. The van der Waals surface area contributed by atoms with Crippen molar-refractivity contribution in [3.05, 3.63) is 53.1 Å². The van der Waals surface area contributed by atoms with Gasteiger partial charge in [-0.1, -0.05) is 6.07 Å². The van der Waals surface area contributed by atoms with Crippen molar-refractivity contribution in [1.29, 1.82) is 0 Å². The molecule has 144 valence electrons. The number of aromatic hydroxyl groups is 1. The van der Waals surface area contributed by atoms with Gasteiger partial charge in [-0.05, 0) is 42.8 Å². The normalized spacial score (nSPS) is 14.9. The number of carbonyl (C=O) groups is 1. The van der Waals surface area contributed by atoms with Crippen molar-refractivity contribution in [3.63, 3.8) is 0 Å². The fourth-order valence-corrected chi connectivity index (χ4v) is 2.84. The molecule has 1 aliphatic rings. The number of carbonyl (C=O) groups excluding carboxylic acids is 1. The summed E-state index contributed by atoms with van der Waals surface area (Å²) in [5, 5.41) is 12.3. The topological polar surface area (TPSA) is 61.8 Å². The van der Waals surface area contributed by atoms with Gasteiger partial charge < -0.3 is 20.1 Å². The Morgan fingerprint density at radius 1 is 1.15 bits per heavy atom. The highest BCUT2D eigenvalue weighted by Crippen LogP contribution is 2.36. The molecule has 0 bridgehead atoms. The summed E-state index contributed by atoms with van der Waals surface area (Å²) in [5.74, 6) is -0.653. The number of phenolic OH excluding ortho intramolecular Hbond substituents is 1. The van der Waals surface area contributed by atoms with Gasteiger partial charge in [0, 0.05) is 18.7 Å². The smallest absolute Gasteiger partial charge is 0.416 e. The van der Waals surface area contributed by atoms with Crippen LogP contribution in [0.4, 0.5) is 24.5 Å². The Bertz CT molecular complexity index is 847. The van der Waals surface area contributed by atoms with Gasteiger partial charge in [-0.3, -0.25) is 4.79 Å². The zero-order valence-corrected chi connectivity index (χ0v) is 14.6. The maximum Gasteiger partial charge on any atom is 0.416 e. The lowest BCUT2D eigenvalue weighted by atomic mass is 10.1. The predicted molar refractivity (Wildman–Crippen MR) is 95.3 cm³/mol. The molecule has 1 aliphatic heterocycles. The second kappa shape index (κ2) is 7.48. The van der Waals surface area contributed by atoms with Gasteiger partial charge in [0.15, 0.2) is 0 Å². The van der Waals surface area contributed by atoms with Gasteiger partial charge in [0.25, 0.3) is 5.91 Å². The lowest BCUT2D eigenvalue weighted by molar-refractivity contribution is -0.137. The Balaban J connectivity index is 1.94. The number of aryl methyl sites for hydroxylation is 1. The predicted octanol–water partition coefficient (Wildman–Crippen LogP) is 3.81. The van der Waals surface area contributed by atoms with Crippen LogP contribution in [-0.2, 0) is 10.9 Å². The number of alkyl halides is 3. The highest BCUT2D eigenvalue weighted by atomic mass is 19.4. The van der Waals surface area contributed by atoms with E-state index in [2.05, 4.69) is 5.32 Å². The van der Waals surface area contributed by atoms with E-state index in [0.29, 0.717) is 37.6 Å². The van der Waals surface area contributed by atoms with Gasteiger partial charge >= 0.3 is 6.18 Å². The SMILES string of the molecule is Cc1ccc(C(=O)Nc2cc(C(F)(F)F)ccc2N2CCOCC2)cc1O. The average molecular weight is 380 g/mol. The van der Waals surface area contributed by atoms with Crippen LogP contribution in [0.2, 0.25) is 0 Å². The van der Waals surface area contributed by atoms with Gasteiger partial charge in [0.1, 0.15) is 5.75 Å². The zero-order valence-electron chi connectivity index (χ0n) is 14.6. The molecule has 0 aliphatic carbocycles. The van der Waals surface area contributed by atoms with Crippen LogP contribution in [0.15, 0.2) is 36.4 Å². The largest absolute Gasteiger partial charge is 0.508 e. The molecule has 3 rings (SSSR count). The van der Waals surface area contributed by atoms with E-state index in [1.165, 1.54) is 18.2 Å². The van der Waals surface area contributed by atoms with Crippen LogP contribution >= 0.6 is 0 Å². The number of halogens is 3. The minimum absolute atomic E-state index is 0.0555. The minimum Gasteiger partial charge on any atom is -0.508 e. The van der Waals surface area contributed by atoms with Crippen LogP contribution in [0, 0.1) is 6.92 Å². The second-order valence-corrected chi connectivity index (χ2v) is 6.28. The molecule has 1 heterocycles. The van der Waals surface area contributed by atoms with Crippen molar-refractivity contribution in [2.75, 3.05) is 36.5 Å². The number of amides is 1. The number of phenols is 1. The third-order valence-corrected chi connectivity index (χ3v) is 4.40. The van der Waals surface area contributed by atoms with Crippen LogP contribution in [-0.4, -0.2) is 37.3 Å². The molecule has 1 amide bonds. The maximum atomic E-state index is 13.1. The van der Waals surface area contributed by atoms with Gasteiger partial charge in [-0.15, -0.1) is 0 Å². The van der Waals surface area contributed by atoms with Crippen molar-refractivity contribution in [2.24, 2.45) is 0 Å². The number of hydrogen-bond acceptors (Lipinski definition) is 4. The van der Waals surface area contributed by atoms with E-state index in [4.69, 9.17) is 4.74 Å². The Kier molecular flexibility index (Phi) is 5.27. The Morgan fingerprint density at radius 2 is 1.85 bits per heavy atom. The molecule has 0 aromatic heterocycles. The maximum absolute atomic E-state index is 13.1. The number of benzene rings is 2. The van der Waals surface area contributed by atoms with E-state index in [1.54, 1.807) is 13.0 Å². The van der Waals surface area contributed by atoms with Crippen LogP contribution in [0.1, 0.15) is 21.5 Å². The lowest BCUT2D eigenvalue weighted by Gasteiger charge is -2.31. The molecular formula is C19H19F3N2O3. The molecule has 0 atom stereocenters. The van der Waals surface area contributed by atoms with Crippen LogP contribution in [0.5, 0.6) is 5.75 Å². The summed E-state index contributed by atoms with van der Waals surface area (Å²) in [7, 11) is 0. The molecule has 0 saturated carbocycles. The van der Waals surface area contributed by atoms with Crippen molar-refractivity contribution in [1.82, 2.24) is 0 Å². The average Bonchev–Trinajstić information content (AvgIpc) is 2.64. The first-order valence-corrected chi connectivity index (χ1v) is 8.40. The molecule has 1 fully saturated rings. The van der Waals surface area contributed by atoms with E-state index < -0.39 is 17.6 Å². The van der Waals surface area contributed by atoms with Gasteiger partial charge in [-0.25, -0.2) is 0 Å². The number of hydrogen-bond donors (Lipinski definition) is 2. The van der Waals surface area contributed by atoms with Crippen LogP contribution in [0.25, 0.3) is 0 Å². The second-order valence-electron chi connectivity index (χ2n) is 6.28. The third-order valence-electron chi connectivity index (χ3n) is 4.40. The van der Waals surface area contributed by atoms with E-state index >= 15 is 0 Å². The van der Waals surface area contributed by atoms with Crippen LogP contribution in [0.3, 0.4) is 0 Å². The van der Waals surface area contributed by atoms with E-state index in [-0.39, 0.29) is 17.0 Å². The number of rotatable bonds is 3. The minimum atomic E-state index is -4.52. The van der Waals surface area contributed by atoms with Gasteiger partial charge in [-0.2, -0.15) is 13.2 Å². The summed E-state index contributed by atoms with van der Waals surface area (Å²) < 4.78 is 44.6. The number of nitrogens with one attached hydrogen (secondary N) is 1. The molecule has 1 saturated heterocycles. The molecule has 2 N–H and O–H groups in total. The van der Waals surface area contributed by atoms with E-state index in [0.717, 1.165) is 12.1 Å². The van der Waals surface area contributed by atoms with E-state index in [1.807, 2.05) is 4.90 Å². The van der Waals surface area contributed by atoms with E-state index in [9.17, 15) is 23.1 Å². The summed E-state index contributed by atoms with van der Waals surface area (Å²) in [6.07, 6.45) is -4.52. The first-order chi connectivity index (χ1) is 12.8. The summed E-state index contributed by atoms with van der Waals surface area (Å²) in [4.78, 5) is 14.4. The highest BCUT2D eigenvalue weighted by molar-refractivity contribution is 6.06. The molecule has 5 nitrogen and oxygen atoms in total. The fourth-order valence-electron chi connectivity index (χ4n) is 2.84. The van der Waals surface area contributed by atoms with Crippen molar-refractivity contribution in [2.45, 2.75) is 13.1 Å². The third kappa shape index (κ3) is 4.33. The quantitative estimate of drug-likeness (QED) is 0.850. The number of nitrogens with zero attached hydrogens (tertiary/aromatic N) is 1. The Labute approximate surface area is 154 Å². The summed E-state index contributed by atoms with van der Waals surface area (Å²) in [6.45, 7) is 3.62. The fraction of sp³-hybridized carbons (Fsp3) is 0.316. The number of morpholine rings is 1. The van der Waals surface area contributed by atoms with Crippen molar-refractivity contribution >= 4 is 17.3 Å². The highest BCUT2D eigenvalue weighted by Gasteiger charge is 2.32. The lowest BCUT2D eigenvalue weighted by Crippen LogP contribution is -2.36. The summed E-state index contributed by atoms with van der Waals surface area (Å²) in [6, 6.07) is 7.64. The molecule has 0 spiro atoms.